The van der Waals surface area contributed by atoms with E-state index in [9.17, 15) is 18.0 Å². The number of imidazole rings is 1. The van der Waals surface area contributed by atoms with E-state index in [-0.39, 0.29) is 11.6 Å². The third-order valence-electron chi connectivity index (χ3n) is 4.99. The van der Waals surface area contributed by atoms with Gasteiger partial charge in [-0.25, -0.2) is 9.67 Å². The summed E-state index contributed by atoms with van der Waals surface area (Å²) in [6.07, 6.45) is -1.72. The monoisotopic (exact) mass is 427 g/mol. The molecule has 0 aliphatic carbocycles. The first-order chi connectivity index (χ1) is 14.8. The fourth-order valence-corrected chi connectivity index (χ4v) is 3.38. The van der Waals surface area contributed by atoms with Crippen molar-refractivity contribution in [3.05, 3.63) is 77.4 Å². The number of hydrogen-bond donors (Lipinski definition) is 2. The van der Waals surface area contributed by atoms with Gasteiger partial charge in [0, 0.05) is 13.0 Å². The van der Waals surface area contributed by atoms with E-state index in [2.05, 4.69) is 20.4 Å². The minimum atomic E-state index is -4.45. The molecule has 1 amide bonds. The van der Waals surface area contributed by atoms with Crippen molar-refractivity contribution >= 4 is 16.9 Å². The van der Waals surface area contributed by atoms with Gasteiger partial charge in [-0.3, -0.25) is 4.79 Å². The van der Waals surface area contributed by atoms with Crippen molar-refractivity contribution in [1.82, 2.24) is 25.1 Å². The summed E-state index contributed by atoms with van der Waals surface area (Å²) in [5.41, 5.74) is 2.14. The van der Waals surface area contributed by atoms with Gasteiger partial charge in [-0.15, -0.1) is 0 Å². The number of fused-ring (bicyclic) bond motifs is 1. The van der Waals surface area contributed by atoms with E-state index in [0.29, 0.717) is 30.6 Å². The van der Waals surface area contributed by atoms with Crippen LogP contribution in [0.3, 0.4) is 0 Å². The number of hydrogen-bond acceptors (Lipinski definition) is 3. The van der Waals surface area contributed by atoms with Crippen LogP contribution in [0.25, 0.3) is 16.7 Å². The summed E-state index contributed by atoms with van der Waals surface area (Å²) in [7, 11) is 0. The third-order valence-corrected chi connectivity index (χ3v) is 4.99. The average Bonchev–Trinajstić information content (AvgIpc) is 3.33. The Morgan fingerprint density at radius 1 is 1.16 bits per heavy atom. The van der Waals surface area contributed by atoms with Crippen LogP contribution in [0, 0.1) is 6.92 Å². The molecule has 0 aliphatic rings. The van der Waals surface area contributed by atoms with Gasteiger partial charge in [0.1, 0.15) is 5.82 Å². The molecule has 4 aromatic rings. The van der Waals surface area contributed by atoms with Gasteiger partial charge < -0.3 is 10.3 Å². The SMILES string of the molecule is Cc1c(C(=O)NCCCc2nc3ccccc3[nH]2)cnn1-c1cccc(C(F)(F)F)c1. The predicted molar refractivity (Wildman–Crippen MR) is 110 cm³/mol. The lowest BCUT2D eigenvalue weighted by Crippen LogP contribution is -2.25. The first-order valence-corrected chi connectivity index (χ1v) is 9.77. The highest BCUT2D eigenvalue weighted by atomic mass is 19.4. The van der Waals surface area contributed by atoms with E-state index in [1.54, 1.807) is 6.92 Å². The van der Waals surface area contributed by atoms with Gasteiger partial charge in [-0.05, 0) is 43.7 Å². The number of aryl methyl sites for hydroxylation is 1. The molecule has 2 aromatic heterocycles. The molecule has 0 atom stereocenters. The first-order valence-electron chi connectivity index (χ1n) is 9.77. The molecule has 160 valence electrons. The second-order valence-corrected chi connectivity index (χ2v) is 7.16. The third kappa shape index (κ3) is 4.45. The number of benzene rings is 2. The number of halogens is 3. The molecule has 2 aromatic carbocycles. The van der Waals surface area contributed by atoms with Gasteiger partial charge in [0.15, 0.2) is 0 Å². The van der Waals surface area contributed by atoms with Crippen molar-refractivity contribution in [2.45, 2.75) is 25.9 Å². The molecule has 31 heavy (non-hydrogen) atoms. The summed E-state index contributed by atoms with van der Waals surface area (Å²) in [5.74, 6) is 0.532. The number of carbonyl (C=O) groups is 1. The minimum Gasteiger partial charge on any atom is -0.352 e. The number of aromatic amines is 1. The second kappa shape index (κ2) is 8.25. The van der Waals surface area contributed by atoms with E-state index < -0.39 is 11.7 Å². The summed E-state index contributed by atoms with van der Waals surface area (Å²) < 4.78 is 40.3. The molecule has 2 N–H and O–H groups in total. The van der Waals surface area contributed by atoms with Crippen LogP contribution >= 0.6 is 0 Å². The molecular weight excluding hydrogens is 407 g/mol. The molecule has 0 unspecified atom stereocenters. The standard InChI is InChI=1S/C22H20F3N5O/c1-14-17(13-27-30(14)16-7-4-6-15(12-16)22(23,24)25)21(31)26-11-5-10-20-28-18-8-2-3-9-19(18)29-20/h2-4,6-9,12-13H,5,10-11H2,1H3,(H,26,31)(H,28,29). The van der Waals surface area contributed by atoms with Gasteiger partial charge in [0.05, 0.1) is 39.7 Å². The zero-order valence-electron chi connectivity index (χ0n) is 16.7. The van der Waals surface area contributed by atoms with Crippen LogP contribution in [0.5, 0.6) is 0 Å². The maximum Gasteiger partial charge on any atom is 0.416 e. The molecule has 9 heteroatoms. The highest BCUT2D eigenvalue weighted by Crippen LogP contribution is 2.30. The maximum atomic E-state index is 13.0. The van der Waals surface area contributed by atoms with Crippen molar-refractivity contribution in [3.8, 4) is 5.69 Å². The van der Waals surface area contributed by atoms with Crippen molar-refractivity contribution in [1.29, 1.82) is 0 Å². The molecule has 0 radical (unpaired) electrons. The smallest absolute Gasteiger partial charge is 0.352 e. The van der Waals surface area contributed by atoms with E-state index in [4.69, 9.17) is 0 Å². The lowest BCUT2D eigenvalue weighted by atomic mass is 10.2. The van der Waals surface area contributed by atoms with E-state index in [1.807, 2.05) is 24.3 Å². The Morgan fingerprint density at radius 3 is 2.74 bits per heavy atom. The Kier molecular flexibility index (Phi) is 5.50. The molecule has 0 saturated heterocycles. The topological polar surface area (TPSA) is 75.6 Å². The first kappa shape index (κ1) is 20.6. The normalized spacial score (nSPS) is 11.7. The number of aromatic nitrogens is 4. The number of carbonyl (C=O) groups excluding carboxylic acids is 1. The van der Waals surface area contributed by atoms with Crippen LogP contribution in [0.2, 0.25) is 0 Å². The fraction of sp³-hybridized carbons (Fsp3) is 0.227. The zero-order valence-corrected chi connectivity index (χ0v) is 16.7. The molecular formula is C22H20F3N5O. The van der Waals surface area contributed by atoms with Gasteiger partial charge in [0.25, 0.3) is 5.91 Å². The molecule has 0 bridgehead atoms. The van der Waals surface area contributed by atoms with Crippen LogP contribution in [-0.4, -0.2) is 32.2 Å². The van der Waals surface area contributed by atoms with Crippen LogP contribution in [0.15, 0.2) is 54.7 Å². The minimum absolute atomic E-state index is 0.247. The largest absolute Gasteiger partial charge is 0.416 e. The van der Waals surface area contributed by atoms with Crippen LogP contribution in [0.1, 0.15) is 33.9 Å². The summed E-state index contributed by atoms with van der Waals surface area (Å²) in [4.78, 5) is 20.3. The van der Waals surface area contributed by atoms with Crippen LogP contribution < -0.4 is 5.32 Å². The second-order valence-electron chi connectivity index (χ2n) is 7.16. The summed E-state index contributed by atoms with van der Waals surface area (Å²) in [6, 6.07) is 12.6. The zero-order chi connectivity index (χ0) is 22.0. The van der Waals surface area contributed by atoms with Crippen molar-refractivity contribution in [2.75, 3.05) is 6.54 Å². The highest BCUT2D eigenvalue weighted by molar-refractivity contribution is 5.95. The highest BCUT2D eigenvalue weighted by Gasteiger charge is 2.30. The van der Waals surface area contributed by atoms with Crippen LogP contribution in [0.4, 0.5) is 13.2 Å². The molecule has 6 nitrogen and oxygen atoms in total. The summed E-state index contributed by atoms with van der Waals surface area (Å²) in [6.45, 7) is 2.08. The Bertz CT molecular complexity index is 1190. The average molecular weight is 427 g/mol. The number of amides is 1. The van der Waals surface area contributed by atoms with Gasteiger partial charge in [-0.1, -0.05) is 18.2 Å². The Hall–Kier alpha value is -3.62. The molecule has 0 spiro atoms. The number of rotatable bonds is 6. The number of nitrogens with zero attached hydrogens (tertiary/aromatic N) is 3. The number of alkyl halides is 3. The molecule has 0 aliphatic heterocycles. The Labute approximate surface area is 176 Å². The van der Waals surface area contributed by atoms with Crippen LogP contribution in [-0.2, 0) is 12.6 Å². The van der Waals surface area contributed by atoms with Crippen molar-refractivity contribution in [3.63, 3.8) is 0 Å². The molecule has 2 heterocycles. The molecule has 4 rings (SSSR count). The quantitative estimate of drug-likeness (QED) is 0.447. The van der Waals surface area contributed by atoms with E-state index in [0.717, 1.165) is 29.0 Å². The Balaban J connectivity index is 1.38. The Morgan fingerprint density at radius 2 is 1.97 bits per heavy atom. The van der Waals surface area contributed by atoms with Gasteiger partial charge in [-0.2, -0.15) is 18.3 Å². The molecule has 0 fully saturated rings. The lowest BCUT2D eigenvalue weighted by molar-refractivity contribution is -0.137. The number of H-pyrrole nitrogens is 1. The summed E-state index contributed by atoms with van der Waals surface area (Å²) >= 11 is 0. The maximum absolute atomic E-state index is 13.0. The fourth-order valence-electron chi connectivity index (χ4n) is 3.38. The predicted octanol–water partition coefficient (Wildman–Crippen LogP) is 4.44. The summed E-state index contributed by atoms with van der Waals surface area (Å²) in [5, 5.41) is 6.93. The van der Waals surface area contributed by atoms with Gasteiger partial charge >= 0.3 is 6.18 Å². The molecule has 0 saturated carbocycles. The number of para-hydroxylation sites is 2. The van der Waals surface area contributed by atoms with E-state index in [1.165, 1.54) is 23.0 Å². The van der Waals surface area contributed by atoms with Crippen molar-refractivity contribution in [2.24, 2.45) is 0 Å². The number of nitrogens with one attached hydrogen (secondary N) is 2. The van der Waals surface area contributed by atoms with E-state index >= 15 is 0 Å². The lowest BCUT2D eigenvalue weighted by Gasteiger charge is -2.10. The van der Waals surface area contributed by atoms with Gasteiger partial charge in [0.2, 0.25) is 0 Å². The van der Waals surface area contributed by atoms with Crippen molar-refractivity contribution < 1.29 is 18.0 Å².